The second kappa shape index (κ2) is 5.48. The zero-order chi connectivity index (χ0) is 11.7. The van der Waals surface area contributed by atoms with Gasteiger partial charge in [-0.1, -0.05) is 0 Å². The Kier molecular flexibility index (Phi) is 5.44. The van der Waals surface area contributed by atoms with Crippen molar-refractivity contribution in [1.29, 1.82) is 0 Å². The van der Waals surface area contributed by atoms with Gasteiger partial charge < -0.3 is 4.55 Å². The Hall–Kier alpha value is -0.120. The molecule has 0 saturated carbocycles. The van der Waals surface area contributed by atoms with Crippen molar-refractivity contribution in [2.24, 2.45) is 0 Å². The van der Waals surface area contributed by atoms with Crippen molar-refractivity contribution >= 4 is 25.8 Å². The molecule has 1 aromatic carbocycles. The fourth-order valence-corrected chi connectivity index (χ4v) is 1.94. The summed E-state index contributed by atoms with van der Waals surface area (Å²) in [5.41, 5.74) is 0.199. The average Bonchev–Trinajstić information content (AvgIpc) is 2.00. The van der Waals surface area contributed by atoms with Crippen LogP contribution in [0.15, 0.2) is 29.2 Å². The van der Waals surface area contributed by atoms with Crippen LogP contribution in [0.2, 0.25) is 0 Å². The van der Waals surface area contributed by atoms with Crippen LogP contribution in [0.25, 0.3) is 0 Å². The molecule has 0 atom stereocenters. The number of nitrogens with one attached hydrogen (secondary N) is 1. The van der Waals surface area contributed by atoms with Gasteiger partial charge in [0.25, 0.3) is 0 Å². The van der Waals surface area contributed by atoms with Gasteiger partial charge in [-0.3, -0.25) is 4.72 Å². The molecule has 0 aliphatic heterocycles. The van der Waals surface area contributed by atoms with Crippen LogP contribution < -0.4 is 34.3 Å². The molecule has 1 N–H and O–H groups in total. The maximum atomic E-state index is 10.8. The second-order valence-corrected chi connectivity index (χ2v) is 5.98. The van der Waals surface area contributed by atoms with Gasteiger partial charge in [-0.25, -0.2) is 16.8 Å². The van der Waals surface area contributed by atoms with Crippen molar-refractivity contribution in [2.75, 3.05) is 11.0 Å². The van der Waals surface area contributed by atoms with Crippen LogP contribution in [0, 0.1) is 0 Å². The summed E-state index contributed by atoms with van der Waals surface area (Å²) in [4.78, 5) is -0.401. The molecule has 9 heteroatoms. The molecule has 0 heterocycles. The third-order valence-electron chi connectivity index (χ3n) is 1.45. The van der Waals surface area contributed by atoms with Crippen molar-refractivity contribution < 1.29 is 50.9 Å². The molecule has 0 radical (unpaired) electrons. The van der Waals surface area contributed by atoms with Crippen molar-refractivity contribution in [3.05, 3.63) is 24.3 Å². The quantitative estimate of drug-likeness (QED) is 0.466. The Labute approximate surface area is 116 Å². The minimum atomic E-state index is -4.49. The van der Waals surface area contributed by atoms with Gasteiger partial charge in [0, 0.05) is 5.69 Å². The van der Waals surface area contributed by atoms with Gasteiger partial charge in [-0.05, 0) is 24.3 Å². The topological polar surface area (TPSA) is 103 Å². The van der Waals surface area contributed by atoms with Crippen LogP contribution in [0.5, 0.6) is 0 Å². The van der Waals surface area contributed by atoms with Crippen LogP contribution in [0.4, 0.5) is 5.69 Å². The van der Waals surface area contributed by atoms with Gasteiger partial charge in [0.2, 0.25) is 10.0 Å². The van der Waals surface area contributed by atoms with Crippen LogP contribution >= 0.6 is 0 Å². The van der Waals surface area contributed by atoms with Gasteiger partial charge in [-0.2, -0.15) is 0 Å². The van der Waals surface area contributed by atoms with Crippen LogP contribution in [-0.4, -0.2) is 27.6 Å². The molecule has 1 rings (SSSR count). The molecule has 0 fully saturated rings. The summed E-state index contributed by atoms with van der Waals surface area (Å²) in [5.74, 6) is 0. The van der Waals surface area contributed by atoms with Crippen LogP contribution in [-0.2, 0) is 20.1 Å². The smallest absolute Gasteiger partial charge is 0.744 e. The van der Waals surface area contributed by atoms with Crippen molar-refractivity contribution in [2.45, 2.75) is 4.90 Å². The molecular weight excluding hydrogens is 265 g/mol. The number of hydrogen-bond donors (Lipinski definition) is 1. The number of sulfonamides is 1. The molecule has 0 bridgehead atoms. The zero-order valence-corrected chi connectivity index (χ0v) is 12.3. The molecule has 0 amide bonds. The second-order valence-electron chi connectivity index (χ2n) is 2.85. The van der Waals surface area contributed by atoms with Gasteiger partial charge >= 0.3 is 29.6 Å². The Morgan fingerprint density at radius 1 is 1.06 bits per heavy atom. The molecule has 0 aliphatic carbocycles. The van der Waals surface area contributed by atoms with E-state index < -0.39 is 25.0 Å². The summed E-state index contributed by atoms with van der Waals surface area (Å²) in [7, 11) is -7.89. The van der Waals surface area contributed by atoms with E-state index >= 15 is 0 Å². The maximum Gasteiger partial charge on any atom is 1.00 e. The van der Waals surface area contributed by atoms with Gasteiger partial charge in [0.15, 0.2) is 0 Å². The summed E-state index contributed by atoms with van der Waals surface area (Å²) >= 11 is 0. The number of benzene rings is 1. The Balaban J connectivity index is 0.00000225. The van der Waals surface area contributed by atoms with E-state index in [9.17, 15) is 21.4 Å². The summed E-state index contributed by atoms with van der Waals surface area (Å²) in [6.45, 7) is 0. The first-order valence-electron chi connectivity index (χ1n) is 3.72. The van der Waals surface area contributed by atoms with Crippen molar-refractivity contribution in [3.8, 4) is 0 Å². The van der Waals surface area contributed by atoms with E-state index in [0.29, 0.717) is 0 Å². The summed E-state index contributed by atoms with van der Waals surface area (Å²) in [6, 6.07) is 4.48. The van der Waals surface area contributed by atoms with Gasteiger partial charge in [0.1, 0.15) is 10.1 Å². The monoisotopic (exact) mass is 273 g/mol. The Morgan fingerprint density at radius 3 is 1.81 bits per heavy atom. The fraction of sp³-hybridized carbons (Fsp3) is 0.143. The largest absolute Gasteiger partial charge is 1.00 e. The molecule has 16 heavy (non-hydrogen) atoms. The normalized spacial score (nSPS) is 11.6. The number of hydrogen-bond acceptors (Lipinski definition) is 5. The molecule has 6 nitrogen and oxygen atoms in total. The SMILES string of the molecule is CS(=O)(=O)Nc1ccc(S(=O)(=O)[O-])cc1.[Na+]. The standard InChI is InChI=1S/C7H9NO5S2.Na/c1-14(9,10)8-6-2-4-7(5-3-6)15(11,12)13;/h2-5,8H,1H3,(H,11,12,13);/q;+1/p-1. The predicted octanol–water partition coefficient (Wildman–Crippen LogP) is -3.03. The molecule has 0 saturated heterocycles. The molecular formula is C7H8NNaO5S2. The van der Waals surface area contributed by atoms with E-state index in [2.05, 4.69) is 4.72 Å². The molecule has 0 unspecified atom stereocenters. The van der Waals surface area contributed by atoms with E-state index in [1.165, 1.54) is 12.1 Å². The summed E-state index contributed by atoms with van der Waals surface area (Å²) in [6.07, 6.45) is 0.964. The molecule has 0 aliphatic rings. The Morgan fingerprint density at radius 2 is 1.50 bits per heavy atom. The first-order valence-corrected chi connectivity index (χ1v) is 7.02. The van der Waals surface area contributed by atoms with E-state index in [0.717, 1.165) is 18.4 Å². The minimum absolute atomic E-state index is 0. The molecule has 0 aromatic heterocycles. The molecule has 0 spiro atoms. The van der Waals surface area contributed by atoms with E-state index in [4.69, 9.17) is 0 Å². The van der Waals surface area contributed by atoms with Crippen LogP contribution in [0.1, 0.15) is 0 Å². The average molecular weight is 273 g/mol. The molecule has 1 aromatic rings. The minimum Gasteiger partial charge on any atom is -0.744 e. The van der Waals surface area contributed by atoms with Crippen molar-refractivity contribution in [3.63, 3.8) is 0 Å². The predicted molar refractivity (Wildman–Crippen MR) is 52.9 cm³/mol. The molecule has 84 valence electrons. The van der Waals surface area contributed by atoms with Crippen LogP contribution in [0.3, 0.4) is 0 Å². The first-order chi connectivity index (χ1) is 6.68. The zero-order valence-electron chi connectivity index (χ0n) is 8.67. The third kappa shape index (κ3) is 5.28. The number of anilines is 1. The third-order valence-corrected chi connectivity index (χ3v) is 2.90. The van der Waals surface area contributed by atoms with E-state index in [-0.39, 0.29) is 35.2 Å². The summed E-state index contributed by atoms with van der Waals surface area (Å²) < 4.78 is 55.3. The first kappa shape index (κ1) is 15.9. The maximum absolute atomic E-state index is 10.8. The van der Waals surface area contributed by atoms with Gasteiger partial charge in [-0.15, -0.1) is 0 Å². The van der Waals surface area contributed by atoms with Gasteiger partial charge in [0.05, 0.1) is 11.2 Å². The van der Waals surface area contributed by atoms with E-state index in [1.54, 1.807) is 0 Å². The van der Waals surface area contributed by atoms with Crippen molar-refractivity contribution in [1.82, 2.24) is 0 Å². The van der Waals surface area contributed by atoms with E-state index in [1.807, 2.05) is 0 Å². The Bertz CT molecular complexity index is 549. The number of rotatable bonds is 3. The fourth-order valence-electron chi connectivity index (χ4n) is 0.904. The summed E-state index contributed by atoms with van der Waals surface area (Å²) in [5, 5.41) is 0.